The van der Waals surface area contributed by atoms with Crippen LogP contribution in [-0.4, -0.2) is 28.5 Å². The lowest BCUT2D eigenvalue weighted by Gasteiger charge is -2.19. The molecular weight excluding hydrogens is 256 g/mol. The second-order valence-corrected chi connectivity index (χ2v) is 5.04. The van der Waals surface area contributed by atoms with Crippen molar-refractivity contribution in [3.8, 4) is 0 Å². The van der Waals surface area contributed by atoms with Crippen molar-refractivity contribution in [2.45, 2.75) is 13.3 Å². The molecule has 1 aliphatic rings. The Morgan fingerprint density at radius 2 is 2.20 bits per heavy atom. The summed E-state index contributed by atoms with van der Waals surface area (Å²) in [7, 11) is 0. The number of pyridine rings is 1. The highest BCUT2D eigenvalue weighted by molar-refractivity contribution is 6.06. The molecule has 5 nitrogen and oxygen atoms in total. The summed E-state index contributed by atoms with van der Waals surface area (Å²) in [6, 6.07) is 7.50. The smallest absolute Gasteiger partial charge is 0.308 e. The molecule has 2 heterocycles. The van der Waals surface area contributed by atoms with Crippen molar-refractivity contribution in [2.75, 3.05) is 11.4 Å². The maximum atomic E-state index is 12.1. The Morgan fingerprint density at radius 3 is 2.90 bits per heavy atom. The fourth-order valence-electron chi connectivity index (χ4n) is 2.64. The van der Waals surface area contributed by atoms with E-state index in [4.69, 9.17) is 5.11 Å². The predicted molar refractivity (Wildman–Crippen MR) is 74.6 cm³/mol. The van der Waals surface area contributed by atoms with Gasteiger partial charge in [0.05, 0.1) is 17.1 Å². The van der Waals surface area contributed by atoms with E-state index in [1.165, 1.54) is 0 Å². The first-order valence-corrected chi connectivity index (χ1v) is 6.45. The topological polar surface area (TPSA) is 70.5 Å². The van der Waals surface area contributed by atoms with Crippen molar-refractivity contribution >= 4 is 28.5 Å². The monoisotopic (exact) mass is 270 g/mol. The van der Waals surface area contributed by atoms with Crippen LogP contribution in [-0.2, 0) is 9.59 Å². The van der Waals surface area contributed by atoms with Gasteiger partial charge in [-0.2, -0.15) is 0 Å². The quantitative estimate of drug-likeness (QED) is 0.905. The largest absolute Gasteiger partial charge is 0.481 e. The van der Waals surface area contributed by atoms with Crippen LogP contribution in [0.5, 0.6) is 0 Å². The number of nitrogens with zero attached hydrogens (tertiary/aromatic N) is 2. The molecule has 1 unspecified atom stereocenters. The molecule has 1 aromatic carbocycles. The minimum Gasteiger partial charge on any atom is -0.481 e. The minimum atomic E-state index is -0.921. The fourth-order valence-corrected chi connectivity index (χ4v) is 2.64. The molecule has 1 aliphatic heterocycles. The zero-order valence-electron chi connectivity index (χ0n) is 11.0. The Labute approximate surface area is 115 Å². The lowest BCUT2D eigenvalue weighted by atomic mass is 10.1. The number of hydrogen-bond acceptors (Lipinski definition) is 3. The molecule has 3 rings (SSSR count). The van der Waals surface area contributed by atoms with Gasteiger partial charge in [0.25, 0.3) is 0 Å². The standard InChI is InChI=1S/C15H14N2O3/c1-9-4-5-12(11-3-2-6-16-14(9)11)17-8-10(15(19)20)7-13(17)18/h2-6,10H,7-8H2,1H3,(H,19,20). The van der Waals surface area contributed by atoms with Crippen molar-refractivity contribution in [3.63, 3.8) is 0 Å². The molecular formula is C15H14N2O3. The first kappa shape index (κ1) is 12.6. The number of carboxylic acids is 1. The van der Waals surface area contributed by atoms with Crippen LogP contribution >= 0.6 is 0 Å². The summed E-state index contributed by atoms with van der Waals surface area (Å²) in [6.45, 7) is 2.19. The van der Waals surface area contributed by atoms with Crippen LogP contribution in [0, 0.1) is 12.8 Å². The van der Waals surface area contributed by atoms with Crippen LogP contribution in [0.4, 0.5) is 5.69 Å². The van der Waals surface area contributed by atoms with E-state index in [1.54, 1.807) is 11.1 Å². The van der Waals surface area contributed by atoms with Crippen LogP contribution in [0.1, 0.15) is 12.0 Å². The number of anilines is 1. The molecule has 1 amide bonds. The Hall–Kier alpha value is -2.43. The van der Waals surface area contributed by atoms with Crippen molar-refractivity contribution in [1.82, 2.24) is 4.98 Å². The first-order chi connectivity index (χ1) is 9.58. The van der Waals surface area contributed by atoms with E-state index in [9.17, 15) is 9.59 Å². The lowest BCUT2D eigenvalue weighted by molar-refractivity contribution is -0.141. The first-order valence-electron chi connectivity index (χ1n) is 6.45. The number of rotatable bonds is 2. The van der Waals surface area contributed by atoms with Gasteiger partial charge in [0, 0.05) is 24.5 Å². The number of aryl methyl sites for hydroxylation is 1. The summed E-state index contributed by atoms with van der Waals surface area (Å²) >= 11 is 0. The number of fused-ring (bicyclic) bond motifs is 1. The van der Waals surface area contributed by atoms with Crippen molar-refractivity contribution < 1.29 is 14.7 Å². The molecule has 0 aliphatic carbocycles. The molecule has 0 radical (unpaired) electrons. The van der Waals surface area contributed by atoms with Crippen molar-refractivity contribution in [3.05, 3.63) is 36.0 Å². The van der Waals surface area contributed by atoms with Gasteiger partial charge in [0.1, 0.15) is 0 Å². The van der Waals surface area contributed by atoms with Gasteiger partial charge in [0.2, 0.25) is 5.91 Å². The maximum Gasteiger partial charge on any atom is 0.308 e. The molecule has 1 aromatic heterocycles. The highest BCUT2D eigenvalue weighted by Crippen LogP contribution is 2.32. The molecule has 0 bridgehead atoms. The Kier molecular flexibility index (Phi) is 2.89. The molecule has 1 fully saturated rings. The average molecular weight is 270 g/mol. The summed E-state index contributed by atoms with van der Waals surface area (Å²) in [5.41, 5.74) is 2.62. The molecule has 0 spiro atoms. The molecule has 20 heavy (non-hydrogen) atoms. The van der Waals surface area contributed by atoms with Gasteiger partial charge in [-0.25, -0.2) is 0 Å². The molecule has 1 saturated heterocycles. The number of benzene rings is 1. The minimum absolute atomic E-state index is 0.0605. The third-order valence-corrected chi connectivity index (χ3v) is 3.71. The molecule has 2 aromatic rings. The third-order valence-electron chi connectivity index (χ3n) is 3.71. The zero-order chi connectivity index (χ0) is 14.3. The molecule has 1 N–H and O–H groups in total. The number of carbonyl (C=O) groups excluding carboxylic acids is 1. The number of aliphatic carboxylic acids is 1. The van der Waals surface area contributed by atoms with Gasteiger partial charge in [0.15, 0.2) is 0 Å². The van der Waals surface area contributed by atoms with Gasteiger partial charge in [-0.15, -0.1) is 0 Å². The van der Waals surface area contributed by atoms with Gasteiger partial charge in [-0.1, -0.05) is 6.07 Å². The van der Waals surface area contributed by atoms with E-state index in [0.717, 1.165) is 22.2 Å². The van der Waals surface area contributed by atoms with Crippen LogP contribution in [0.25, 0.3) is 10.9 Å². The van der Waals surface area contributed by atoms with Gasteiger partial charge in [-0.3, -0.25) is 14.6 Å². The molecule has 102 valence electrons. The third kappa shape index (κ3) is 1.91. The SMILES string of the molecule is Cc1ccc(N2CC(C(=O)O)CC2=O)c2cccnc12. The lowest BCUT2D eigenvalue weighted by Crippen LogP contribution is -2.26. The van der Waals surface area contributed by atoms with Crippen LogP contribution < -0.4 is 4.90 Å². The highest BCUT2D eigenvalue weighted by atomic mass is 16.4. The molecule has 5 heteroatoms. The second kappa shape index (κ2) is 4.59. The molecule has 1 atom stereocenters. The van der Waals surface area contributed by atoms with Crippen molar-refractivity contribution in [1.29, 1.82) is 0 Å². The van der Waals surface area contributed by atoms with Crippen LogP contribution in [0.15, 0.2) is 30.5 Å². The average Bonchev–Trinajstić information content (AvgIpc) is 2.82. The number of carbonyl (C=O) groups is 2. The van der Waals surface area contributed by atoms with Gasteiger partial charge >= 0.3 is 5.97 Å². The number of aromatic nitrogens is 1. The van der Waals surface area contributed by atoms with Crippen LogP contribution in [0.2, 0.25) is 0 Å². The fraction of sp³-hybridized carbons (Fsp3) is 0.267. The Morgan fingerprint density at radius 1 is 1.40 bits per heavy atom. The molecule has 0 saturated carbocycles. The van der Waals surface area contributed by atoms with E-state index in [2.05, 4.69) is 4.98 Å². The van der Waals surface area contributed by atoms with E-state index < -0.39 is 11.9 Å². The summed E-state index contributed by atoms with van der Waals surface area (Å²) < 4.78 is 0. The Bertz CT molecular complexity index is 711. The highest BCUT2D eigenvalue weighted by Gasteiger charge is 2.35. The summed E-state index contributed by atoms with van der Waals surface area (Å²) in [6.07, 6.45) is 1.77. The number of hydrogen-bond donors (Lipinski definition) is 1. The predicted octanol–water partition coefficient (Wildman–Crippen LogP) is 1.98. The summed E-state index contributed by atoms with van der Waals surface area (Å²) in [4.78, 5) is 29.0. The van der Waals surface area contributed by atoms with E-state index in [-0.39, 0.29) is 18.9 Å². The van der Waals surface area contributed by atoms with Crippen molar-refractivity contribution in [2.24, 2.45) is 5.92 Å². The van der Waals surface area contributed by atoms with Gasteiger partial charge in [-0.05, 0) is 30.7 Å². The summed E-state index contributed by atoms with van der Waals surface area (Å²) in [5, 5.41) is 9.94. The van der Waals surface area contributed by atoms with Gasteiger partial charge < -0.3 is 10.0 Å². The number of amides is 1. The zero-order valence-corrected chi connectivity index (χ0v) is 11.0. The summed E-state index contributed by atoms with van der Waals surface area (Å²) in [5.74, 6) is -1.70. The number of carboxylic acid groups (broad SMARTS) is 1. The van der Waals surface area contributed by atoms with E-state index >= 15 is 0 Å². The second-order valence-electron chi connectivity index (χ2n) is 5.04. The van der Waals surface area contributed by atoms with E-state index in [0.29, 0.717) is 0 Å². The Balaban J connectivity index is 2.09. The van der Waals surface area contributed by atoms with E-state index in [1.807, 2.05) is 31.2 Å². The normalized spacial score (nSPS) is 18.8. The maximum absolute atomic E-state index is 12.1. The van der Waals surface area contributed by atoms with Crippen LogP contribution in [0.3, 0.4) is 0 Å².